The average molecular weight is 337 g/mol. The van der Waals surface area contributed by atoms with Gasteiger partial charge in [-0.2, -0.15) is 0 Å². The van der Waals surface area contributed by atoms with E-state index in [0.29, 0.717) is 0 Å². The second-order valence-electron chi connectivity index (χ2n) is 6.29. The number of hydrogen-bond donors (Lipinski definition) is 2. The maximum atomic E-state index is 6.56. The van der Waals surface area contributed by atoms with Crippen molar-refractivity contribution in [1.29, 1.82) is 0 Å². The van der Waals surface area contributed by atoms with E-state index in [2.05, 4.69) is 72.0 Å². The summed E-state index contributed by atoms with van der Waals surface area (Å²) in [4.78, 5) is 0. The van der Waals surface area contributed by atoms with Crippen LogP contribution in [0, 0.1) is 0 Å². The molecule has 1 saturated heterocycles. The van der Waals surface area contributed by atoms with Crippen molar-refractivity contribution < 1.29 is 0 Å². The van der Waals surface area contributed by atoms with Crippen LogP contribution in [0.15, 0.2) is 78.9 Å². The molecule has 24 heavy (non-hydrogen) atoms. The number of hydrogen-bond acceptors (Lipinski definition) is 2. The van der Waals surface area contributed by atoms with E-state index in [1.54, 1.807) is 0 Å². The van der Waals surface area contributed by atoms with Gasteiger partial charge in [-0.3, -0.25) is 0 Å². The molecule has 2 nitrogen and oxygen atoms in total. The molecule has 1 heterocycles. The van der Waals surface area contributed by atoms with Crippen LogP contribution in [0.5, 0.6) is 0 Å². The molecule has 4 rings (SSSR count). The zero-order valence-corrected chi connectivity index (χ0v) is 14.2. The predicted octanol–water partition coefficient (Wildman–Crippen LogP) is 4.20. The summed E-state index contributed by atoms with van der Waals surface area (Å²) >= 11 is 0. The summed E-state index contributed by atoms with van der Waals surface area (Å²) in [5.41, 5.74) is 12.4. The lowest BCUT2D eigenvalue weighted by Crippen LogP contribution is -2.62. The highest BCUT2D eigenvalue weighted by Gasteiger charge is 2.34. The van der Waals surface area contributed by atoms with E-state index in [9.17, 15) is 0 Å². The summed E-state index contributed by atoms with van der Waals surface area (Å²) < 4.78 is 0. The van der Waals surface area contributed by atoms with Crippen LogP contribution in [0.1, 0.15) is 5.56 Å². The molecule has 0 unspecified atom stereocenters. The van der Waals surface area contributed by atoms with E-state index < -0.39 is 0 Å². The summed E-state index contributed by atoms with van der Waals surface area (Å²) in [6.45, 7) is 1.67. The van der Waals surface area contributed by atoms with E-state index in [-0.39, 0.29) is 17.9 Å². The molecule has 0 bridgehead atoms. The molecule has 0 amide bonds. The molecule has 1 aliphatic heterocycles. The molecule has 1 fully saturated rings. The maximum Gasteiger partial charge on any atom is 0.0662 e. The third-order valence-corrected chi connectivity index (χ3v) is 4.60. The Morgan fingerprint density at radius 3 is 1.50 bits per heavy atom. The lowest BCUT2D eigenvalue weighted by Gasteiger charge is -2.40. The second-order valence-corrected chi connectivity index (χ2v) is 6.29. The van der Waals surface area contributed by atoms with Crippen LogP contribution in [-0.4, -0.2) is 13.1 Å². The first kappa shape index (κ1) is 16.7. The van der Waals surface area contributed by atoms with Crippen molar-refractivity contribution in [2.75, 3.05) is 13.1 Å². The monoisotopic (exact) mass is 336 g/mol. The molecule has 0 aromatic heterocycles. The Morgan fingerprint density at radius 1 is 0.667 bits per heavy atom. The van der Waals surface area contributed by atoms with E-state index in [0.717, 1.165) is 13.1 Å². The lowest BCUT2D eigenvalue weighted by molar-refractivity contribution is 0.287. The van der Waals surface area contributed by atoms with E-state index >= 15 is 0 Å². The first-order valence-corrected chi connectivity index (χ1v) is 8.01. The highest BCUT2D eigenvalue weighted by atomic mass is 35.5. The zero-order chi connectivity index (χ0) is 15.7. The van der Waals surface area contributed by atoms with Gasteiger partial charge in [-0.1, -0.05) is 60.7 Å². The van der Waals surface area contributed by atoms with Gasteiger partial charge in [0, 0.05) is 13.1 Å². The van der Waals surface area contributed by atoms with Crippen LogP contribution < -0.4 is 11.1 Å². The van der Waals surface area contributed by atoms with Crippen molar-refractivity contribution in [3.8, 4) is 22.3 Å². The van der Waals surface area contributed by atoms with Gasteiger partial charge in [-0.15, -0.1) is 12.4 Å². The van der Waals surface area contributed by atoms with Crippen LogP contribution >= 0.6 is 12.4 Å². The first-order chi connectivity index (χ1) is 11.2. The number of nitrogens with two attached hydrogens (primary N) is 1. The van der Waals surface area contributed by atoms with Gasteiger partial charge in [0.1, 0.15) is 0 Å². The molecule has 122 valence electrons. The van der Waals surface area contributed by atoms with Crippen molar-refractivity contribution >= 4 is 12.4 Å². The van der Waals surface area contributed by atoms with Crippen LogP contribution in [0.25, 0.3) is 22.3 Å². The minimum atomic E-state index is -0.256. The fraction of sp³-hybridized carbons (Fsp3) is 0.143. The number of nitrogens with one attached hydrogen (secondary N) is 1. The number of benzene rings is 3. The predicted molar refractivity (Wildman–Crippen MR) is 103 cm³/mol. The summed E-state index contributed by atoms with van der Waals surface area (Å²) in [5.74, 6) is 0. The van der Waals surface area contributed by atoms with Crippen LogP contribution in [0.2, 0.25) is 0 Å². The van der Waals surface area contributed by atoms with Crippen molar-refractivity contribution in [3.63, 3.8) is 0 Å². The summed E-state index contributed by atoms with van der Waals surface area (Å²) in [5, 5.41) is 3.29. The summed E-state index contributed by atoms with van der Waals surface area (Å²) in [6.07, 6.45) is 0. The standard InChI is InChI=1S/C21H20N2.ClH/c22-21(14-23-15-21)20-12-18(16-7-3-1-4-8-16)11-19(13-20)17-9-5-2-6-10-17;/h1-13,23H,14-15,22H2;1H. The van der Waals surface area contributed by atoms with Gasteiger partial charge in [-0.05, 0) is 46.0 Å². The third-order valence-electron chi connectivity index (χ3n) is 4.60. The molecule has 0 saturated carbocycles. The smallest absolute Gasteiger partial charge is 0.0662 e. The molecule has 0 radical (unpaired) electrons. The van der Waals surface area contributed by atoms with E-state index in [1.165, 1.54) is 27.8 Å². The van der Waals surface area contributed by atoms with Crippen LogP contribution in [0.3, 0.4) is 0 Å². The number of halogens is 1. The summed E-state index contributed by atoms with van der Waals surface area (Å²) in [6, 6.07) is 27.7. The lowest BCUT2D eigenvalue weighted by atomic mass is 9.82. The van der Waals surface area contributed by atoms with Gasteiger partial charge >= 0.3 is 0 Å². The molecule has 0 aliphatic carbocycles. The Hall–Kier alpha value is -2.13. The second kappa shape index (κ2) is 6.78. The van der Waals surface area contributed by atoms with Crippen LogP contribution in [-0.2, 0) is 5.54 Å². The minimum Gasteiger partial charge on any atom is -0.319 e. The van der Waals surface area contributed by atoms with Crippen molar-refractivity contribution in [3.05, 3.63) is 84.4 Å². The molecular formula is C21H21ClN2. The fourth-order valence-corrected chi connectivity index (χ4v) is 3.11. The fourth-order valence-electron chi connectivity index (χ4n) is 3.11. The highest BCUT2D eigenvalue weighted by Crippen LogP contribution is 2.33. The first-order valence-electron chi connectivity index (χ1n) is 8.01. The molecular weight excluding hydrogens is 316 g/mol. The quantitative estimate of drug-likeness (QED) is 0.752. The normalized spacial score (nSPS) is 15.2. The zero-order valence-electron chi connectivity index (χ0n) is 13.4. The Morgan fingerprint density at radius 2 is 1.12 bits per heavy atom. The Bertz CT molecular complexity index is 754. The number of rotatable bonds is 3. The molecule has 0 atom stereocenters. The van der Waals surface area contributed by atoms with Crippen molar-refractivity contribution in [2.45, 2.75) is 5.54 Å². The van der Waals surface area contributed by atoms with Gasteiger partial charge in [0.25, 0.3) is 0 Å². The van der Waals surface area contributed by atoms with Crippen molar-refractivity contribution in [2.24, 2.45) is 5.73 Å². The maximum absolute atomic E-state index is 6.56. The topological polar surface area (TPSA) is 38.0 Å². The van der Waals surface area contributed by atoms with Gasteiger partial charge in [-0.25, -0.2) is 0 Å². The molecule has 3 heteroatoms. The van der Waals surface area contributed by atoms with E-state index in [1.807, 2.05) is 12.1 Å². The Balaban J connectivity index is 0.00000169. The van der Waals surface area contributed by atoms with Gasteiger partial charge < -0.3 is 11.1 Å². The summed E-state index contributed by atoms with van der Waals surface area (Å²) in [7, 11) is 0. The molecule has 3 aromatic carbocycles. The van der Waals surface area contributed by atoms with Crippen molar-refractivity contribution in [1.82, 2.24) is 5.32 Å². The molecule has 3 aromatic rings. The Labute approximate surface area is 149 Å². The van der Waals surface area contributed by atoms with Gasteiger partial charge in [0.2, 0.25) is 0 Å². The average Bonchev–Trinajstić information content (AvgIpc) is 2.61. The van der Waals surface area contributed by atoms with E-state index in [4.69, 9.17) is 5.73 Å². The highest BCUT2D eigenvalue weighted by molar-refractivity contribution is 5.85. The largest absolute Gasteiger partial charge is 0.319 e. The SMILES string of the molecule is Cl.NC1(c2cc(-c3ccccc3)cc(-c3ccccc3)c2)CNC1. The molecule has 3 N–H and O–H groups in total. The van der Waals surface area contributed by atoms with Gasteiger partial charge in [0.05, 0.1) is 5.54 Å². The minimum absolute atomic E-state index is 0. The molecule has 0 spiro atoms. The van der Waals surface area contributed by atoms with Gasteiger partial charge in [0.15, 0.2) is 0 Å². The van der Waals surface area contributed by atoms with Crippen LogP contribution in [0.4, 0.5) is 0 Å². The molecule has 1 aliphatic rings. The Kier molecular flexibility index (Phi) is 4.72. The third kappa shape index (κ3) is 3.09.